The zero-order valence-electron chi connectivity index (χ0n) is 17.3. The summed E-state index contributed by atoms with van der Waals surface area (Å²) in [6.45, 7) is 6.18. The van der Waals surface area contributed by atoms with Crippen LogP contribution in [0.25, 0.3) is 0 Å². The van der Waals surface area contributed by atoms with Crippen LogP contribution in [0.15, 0.2) is 24.3 Å². The second kappa shape index (κ2) is 8.42. The molecule has 1 N–H and O–H groups in total. The van der Waals surface area contributed by atoms with Crippen LogP contribution in [0.4, 0.5) is 4.39 Å². The first kappa shape index (κ1) is 20.3. The molecule has 4 rings (SSSR count). The normalized spacial score (nSPS) is 30.3. The highest BCUT2D eigenvalue weighted by molar-refractivity contribution is 5.91. The van der Waals surface area contributed by atoms with E-state index in [0.717, 1.165) is 38.0 Å². The van der Waals surface area contributed by atoms with E-state index in [2.05, 4.69) is 19.2 Å². The summed E-state index contributed by atoms with van der Waals surface area (Å²) in [4.78, 5) is 28.2. The van der Waals surface area contributed by atoms with E-state index in [1.165, 1.54) is 12.1 Å². The van der Waals surface area contributed by atoms with E-state index >= 15 is 0 Å². The maximum Gasteiger partial charge on any atom is 0.243 e. The average molecular weight is 403 g/mol. The standard InChI is InChI=1S/C23H31FN2O3/c1-14(2)11-21-22(27)25-20(16-7-9-29-10-8-16)13-26(21)23(28)19-12-18(19)15-3-5-17(24)6-4-15/h3-6,14,16,18-21H,7-13H2,1-2H3,(H,25,27). The van der Waals surface area contributed by atoms with Crippen molar-refractivity contribution in [3.8, 4) is 0 Å². The third-order valence-corrected chi connectivity index (χ3v) is 6.62. The summed E-state index contributed by atoms with van der Waals surface area (Å²) in [5, 5.41) is 3.20. The number of rotatable bonds is 5. The topological polar surface area (TPSA) is 58.6 Å². The minimum atomic E-state index is -0.395. The minimum absolute atomic E-state index is 0.00165. The fraction of sp³-hybridized carbons (Fsp3) is 0.652. The van der Waals surface area contributed by atoms with E-state index in [9.17, 15) is 14.0 Å². The molecular weight excluding hydrogens is 371 g/mol. The number of carbonyl (C=O) groups is 2. The number of carbonyl (C=O) groups excluding carboxylic acids is 2. The summed E-state index contributed by atoms with van der Waals surface area (Å²) in [6, 6.07) is 6.05. The van der Waals surface area contributed by atoms with Crippen LogP contribution in [0.2, 0.25) is 0 Å². The van der Waals surface area contributed by atoms with E-state index < -0.39 is 6.04 Å². The first-order valence-electron chi connectivity index (χ1n) is 10.9. The summed E-state index contributed by atoms with van der Waals surface area (Å²) < 4.78 is 18.7. The number of piperazine rings is 1. The lowest BCUT2D eigenvalue weighted by Gasteiger charge is -2.43. The maximum atomic E-state index is 13.4. The van der Waals surface area contributed by atoms with Crippen molar-refractivity contribution in [1.29, 1.82) is 0 Å². The molecule has 2 saturated heterocycles. The van der Waals surface area contributed by atoms with Gasteiger partial charge in [0.25, 0.3) is 0 Å². The van der Waals surface area contributed by atoms with Crippen molar-refractivity contribution in [2.45, 2.75) is 57.5 Å². The largest absolute Gasteiger partial charge is 0.381 e. The van der Waals surface area contributed by atoms with Crippen molar-refractivity contribution in [3.05, 3.63) is 35.6 Å². The van der Waals surface area contributed by atoms with E-state index in [1.54, 1.807) is 12.1 Å². The van der Waals surface area contributed by atoms with Gasteiger partial charge in [-0.1, -0.05) is 26.0 Å². The van der Waals surface area contributed by atoms with Gasteiger partial charge in [0.1, 0.15) is 11.9 Å². The summed E-state index contributed by atoms with van der Waals surface area (Å²) in [5.74, 6) is 0.514. The average Bonchev–Trinajstić information content (AvgIpc) is 3.50. The van der Waals surface area contributed by atoms with E-state index in [0.29, 0.717) is 24.8 Å². The van der Waals surface area contributed by atoms with Crippen molar-refractivity contribution in [2.75, 3.05) is 19.8 Å². The van der Waals surface area contributed by atoms with Crippen LogP contribution in [0, 0.1) is 23.6 Å². The van der Waals surface area contributed by atoms with Crippen LogP contribution in [-0.2, 0) is 14.3 Å². The van der Waals surface area contributed by atoms with E-state index in [4.69, 9.17) is 4.74 Å². The van der Waals surface area contributed by atoms with Gasteiger partial charge in [-0.05, 0) is 61.1 Å². The molecule has 158 valence electrons. The smallest absolute Gasteiger partial charge is 0.243 e. The molecule has 29 heavy (non-hydrogen) atoms. The van der Waals surface area contributed by atoms with Crippen LogP contribution < -0.4 is 5.32 Å². The number of halogens is 1. The lowest BCUT2D eigenvalue weighted by atomic mass is 9.87. The maximum absolute atomic E-state index is 13.4. The first-order chi connectivity index (χ1) is 13.9. The Morgan fingerprint density at radius 3 is 2.59 bits per heavy atom. The van der Waals surface area contributed by atoms with Gasteiger partial charge in [-0.15, -0.1) is 0 Å². The summed E-state index contributed by atoms with van der Waals surface area (Å²) in [6.07, 6.45) is 3.29. The van der Waals surface area contributed by atoms with Gasteiger partial charge in [-0.25, -0.2) is 4.39 Å². The highest BCUT2D eigenvalue weighted by Crippen LogP contribution is 2.49. The van der Waals surface area contributed by atoms with Gasteiger partial charge in [-0.2, -0.15) is 0 Å². The molecule has 1 aromatic carbocycles. The van der Waals surface area contributed by atoms with Crippen molar-refractivity contribution >= 4 is 11.8 Å². The molecule has 0 radical (unpaired) electrons. The molecule has 3 aliphatic rings. The monoisotopic (exact) mass is 402 g/mol. The van der Waals surface area contributed by atoms with Gasteiger partial charge in [0.05, 0.1) is 0 Å². The Hall–Kier alpha value is -1.95. The van der Waals surface area contributed by atoms with E-state index in [-0.39, 0.29) is 35.5 Å². The second-order valence-corrected chi connectivity index (χ2v) is 9.20. The van der Waals surface area contributed by atoms with Crippen LogP contribution in [0.3, 0.4) is 0 Å². The number of hydrogen-bond acceptors (Lipinski definition) is 3. The SMILES string of the molecule is CC(C)CC1C(=O)NC(C2CCOCC2)CN1C(=O)C1CC1c1ccc(F)cc1. The zero-order valence-corrected chi connectivity index (χ0v) is 17.3. The Bertz CT molecular complexity index is 745. The molecule has 4 atom stereocenters. The van der Waals surface area contributed by atoms with Gasteiger partial charge in [0, 0.05) is 31.7 Å². The second-order valence-electron chi connectivity index (χ2n) is 9.20. The number of amides is 2. The molecule has 0 aromatic heterocycles. The minimum Gasteiger partial charge on any atom is -0.381 e. The van der Waals surface area contributed by atoms with Crippen molar-refractivity contribution in [2.24, 2.45) is 17.8 Å². The molecule has 1 aliphatic carbocycles. The molecule has 6 heteroatoms. The first-order valence-corrected chi connectivity index (χ1v) is 10.9. The van der Waals surface area contributed by atoms with Crippen LogP contribution in [0.5, 0.6) is 0 Å². The Labute approximate surface area is 172 Å². The van der Waals surface area contributed by atoms with Crippen LogP contribution in [-0.4, -0.2) is 48.6 Å². The Morgan fingerprint density at radius 1 is 1.24 bits per heavy atom. The number of hydrogen-bond donors (Lipinski definition) is 1. The summed E-state index contributed by atoms with van der Waals surface area (Å²) >= 11 is 0. The molecule has 1 aromatic rings. The predicted octanol–water partition coefficient (Wildman–Crippen LogP) is 3.10. The Morgan fingerprint density at radius 2 is 1.93 bits per heavy atom. The fourth-order valence-corrected chi connectivity index (χ4v) is 4.87. The molecule has 0 bridgehead atoms. The molecular formula is C23H31FN2O3. The molecule has 2 aliphatic heterocycles. The van der Waals surface area contributed by atoms with Gasteiger partial charge in [-0.3, -0.25) is 9.59 Å². The lowest BCUT2D eigenvalue weighted by Crippen LogP contribution is -2.64. The molecule has 2 heterocycles. The third kappa shape index (κ3) is 4.47. The number of benzene rings is 1. The van der Waals surface area contributed by atoms with Crippen LogP contribution >= 0.6 is 0 Å². The Balaban J connectivity index is 1.49. The van der Waals surface area contributed by atoms with Crippen molar-refractivity contribution in [1.82, 2.24) is 10.2 Å². The van der Waals surface area contributed by atoms with Crippen LogP contribution in [0.1, 0.15) is 51.0 Å². The van der Waals surface area contributed by atoms with Gasteiger partial charge in [0.2, 0.25) is 11.8 Å². The number of nitrogens with one attached hydrogen (secondary N) is 1. The van der Waals surface area contributed by atoms with E-state index in [1.807, 2.05) is 4.90 Å². The lowest BCUT2D eigenvalue weighted by molar-refractivity contribution is -0.147. The molecule has 4 unspecified atom stereocenters. The molecule has 1 saturated carbocycles. The highest BCUT2D eigenvalue weighted by atomic mass is 19.1. The van der Waals surface area contributed by atoms with Crippen molar-refractivity contribution < 1.29 is 18.7 Å². The molecule has 0 spiro atoms. The summed E-state index contributed by atoms with van der Waals surface area (Å²) in [7, 11) is 0. The Kier molecular flexibility index (Phi) is 5.91. The number of ether oxygens (including phenoxy) is 1. The molecule has 5 nitrogen and oxygen atoms in total. The highest BCUT2D eigenvalue weighted by Gasteiger charge is 2.50. The third-order valence-electron chi connectivity index (χ3n) is 6.62. The van der Waals surface area contributed by atoms with Gasteiger partial charge < -0.3 is 15.0 Å². The number of nitrogens with zero attached hydrogens (tertiary/aromatic N) is 1. The predicted molar refractivity (Wildman–Crippen MR) is 108 cm³/mol. The molecule has 3 fully saturated rings. The van der Waals surface area contributed by atoms with Gasteiger partial charge in [0.15, 0.2) is 0 Å². The summed E-state index contributed by atoms with van der Waals surface area (Å²) in [5.41, 5.74) is 1.01. The zero-order chi connectivity index (χ0) is 20.5. The quantitative estimate of drug-likeness (QED) is 0.823. The molecule has 2 amide bonds. The van der Waals surface area contributed by atoms with Gasteiger partial charge >= 0.3 is 0 Å². The van der Waals surface area contributed by atoms with Crippen molar-refractivity contribution in [3.63, 3.8) is 0 Å². The fourth-order valence-electron chi connectivity index (χ4n) is 4.87.